The lowest BCUT2D eigenvalue weighted by Gasteiger charge is -2.38. The maximum atomic E-state index is 15.2. The van der Waals surface area contributed by atoms with Crippen molar-refractivity contribution in [3.63, 3.8) is 0 Å². The maximum absolute atomic E-state index is 15.2. The van der Waals surface area contributed by atoms with E-state index in [4.69, 9.17) is 4.74 Å². The van der Waals surface area contributed by atoms with E-state index < -0.39 is 38.3 Å². The number of hydrogen-bond donors (Lipinski definition) is 1. The van der Waals surface area contributed by atoms with Gasteiger partial charge in [0.05, 0.1) is 5.41 Å². The molecule has 0 bridgehead atoms. The van der Waals surface area contributed by atoms with Gasteiger partial charge in [-0.15, -0.1) is 0 Å². The van der Waals surface area contributed by atoms with Gasteiger partial charge < -0.3 is 9.84 Å². The summed E-state index contributed by atoms with van der Waals surface area (Å²) in [7, 11) is -3.82. The largest absolute Gasteiger partial charge is 0.481 e. The zero-order valence-corrected chi connectivity index (χ0v) is 19.2. The number of aliphatic carboxylic acids is 1. The van der Waals surface area contributed by atoms with Gasteiger partial charge in [0.2, 0.25) is 10.0 Å². The summed E-state index contributed by atoms with van der Waals surface area (Å²) in [6.45, 7) is 1.71. The van der Waals surface area contributed by atoms with Crippen LogP contribution in [-0.4, -0.2) is 43.1 Å². The molecule has 0 spiro atoms. The Hall–Kier alpha value is -2.36. The highest BCUT2D eigenvalue weighted by atomic mass is 32.2. The number of nitrogens with zero attached hydrogens (tertiary/aromatic N) is 1. The molecule has 4 rings (SSSR count). The number of carboxylic acid groups (broad SMARTS) is 1. The van der Waals surface area contributed by atoms with Gasteiger partial charge in [-0.05, 0) is 50.3 Å². The predicted molar refractivity (Wildman–Crippen MR) is 118 cm³/mol. The predicted octanol–water partition coefficient (Wildman–Crippen LogP) is 4.15. The topological polar surface area (TPSA) is 83.9 Å². The van der Waals surface area contributed by atoms with E-state index in [0.717, 1.165) is 12.1 Å². The van der Waals surface area contributed by atoms with Crippen LogP contribution >= 0.6 is 0 Å². The van der Waals surface area contributed by atoms with Gasteiger partial charge in [0.25, 0.3) is 0 Å². The normalized spacial score (nSPS) is 24.9. The smallest absolute Gasteiger partial charge is 0.314 e. The Morgan fingerprint density at radius 2 is 1.79 bits per heavy atom. The second-order valence-electron chi connectivity index (χ2n) is 8.84. The lowest BCUT2D eigenvalue weighted by atomic mass is 9.73. The van der Waals surface area contributed by atoms with Crippen LogP contribution in [0.4, 0.5) is 8.78 Å². The first kappa shape index (κ1) is 23.8. The molecule has 2 heterocycles. The van der Waals surface area contributed by atoms with Crippen molar-refractivity contribution >= 4 is 16.0 Å². The zero-order valence-electron chi connectivity index (χ0n) is 18.3. The van der Waals surface area contributed by atoms with Crippen LogP contribution in [0.2, 0.25) is 0 Å². The SMILES string of the molecule is CC1CCC(c2ccccc2)S(=O)(=O)N1Cc1cc(F)c(C2(C(=O)O)CCOCC2)cc1F. The summed E-state index contributed by atoms with van der Waals surface area (Å²) in [6, 6.07) is 10.3. The third-order valence-electron chi connectivity index (χ3n) is 6.93. The van der Waals surface area contributed by atoms with Crippen molar-refractivity contribution < 1.29 is 31.8 Å². The fourth-order valence-electron chi connectivity index (χ4n) is 4.91. The zero-order chi connectivity index (χ0) is 23.8. The lowest BCUT2D eigenvalue weighted by molar-refractivity contribution is -0.148. The Morgan fingerprint density at radius 1 is 1.12 bits per heavy atom. The fourth-order valence-corrected chi connectivity index (χ4v) is 7.10. The molecule has 33 heavy (non-hydrogen) atoms. The van der Waals surface area contributed by atoms with Crippen LogP contribution in [0.25, 0.3) is 0 Å². The summed E-state index contributed by atoms with van der Waals surface area (Å²) in [5.74, 6) is -2.89. The van der Waals surface area contributed by atoms with E-state index in [1.165, 1.54) is 4.31 Å². The van der Waals surface area contributed by atoms with Crippen molar-refractivity contribution in [2.75, 3.05) is 13.2 Å². The van der Waals surface area contributed by atoms with Gasteiger partial charge in [-0.2, -0.15) is 4.31 Å². The number of rotatable bonds is 5. The van der Waals surface area contributed by atoms with E-state index in [9.17, 15) is 18.3 Å². The lowest BCUT2D eigenvalue weighted by Crippen LogP contribution is -2.45. The summed E-state index contributed by atoms with van der Waals surface area (Å²) in [5.41, 5.74) is -1.24. The molecule has 2 aliphatic rings. The number of ether oxygens (including phenoxy) is 1. The van der Waals surface area contributed by atoms with E-state index in [1.54, 1.807) is 37.3 Å². The van der Waals surface area contributed by atoms with Crippen LogP contribution in [-0.2, 0) is 31.5 Å². The Bertz CT molecular complexity index is 1130. The Balaban J connectivity index is 1.67. The number of halogens is 2. The van der Waals surface area contributed by atoms with E-state index in [0.29, 0.717) is 18.4 Å². The molecular weight excluding hydrogens is 452 g/mol. The molecule has 2 fully saturated rings. The third kappa shape index (κ3) is 4.29. The van der Waals surface area contributed by atoms with Crippen LogP contribution in [0.3, 0.4) is 0 Å². The maximum Gasteiger partial charge on any atom is 0.314 e. The second-order valence-corrected chi connectivity index (χ2v) is 10.9. The molecule has 2 unspecified atom stereocenters. The standard InChI is InChI=1S/C24H27F2NO5S/c1-16-7-8-22(17-5-3-2-4-6-17)33(30,31)27(16)15-18-13-21(26)19(14-20(18)25)24(23(28)29)9-11-32-12-10-24/h2-6,13-14,16,22H,7-12,15H2,1H3,(H,28,29). The van der Waals surface area contributed by atoms with Crippen molar-refractivity contribution in [3.05, 3.63) is 70.8 Å². The van der Waals surface area contributed by atoms with Gasteiger partial charge in [-0.1, -0.05) is 30.3 Å². The molecule has 9 heteroatoms. The summed E-state index contributed by atoms with van der Waals surface area (Å²) < 4.78 is 63.6. The van der Waals surface area contributed by atoms with Crippen LogP contribution < -0.4 is 0 Å². The van der Waals surface area contributed by atoms with Gasteiger partial charge in [-0.25, -0.2) is 17.2 Å². The molecule has 0 aliphatic carbocycles. The van der Waals surface area contributed by atoms with Crippen molar-refractivity contribution in [1.82, 2.24) is 4.31 Å². The van der Waals surface area contributed by atoms with Gasteiger partial charge in [0.1, 0.15) is 16.9 Å². The summed E-state index contributed by atoms with van der Waals surface area (Å²) in [5, 5.41) is 9.05. The van der Waals surface area contributed by atoms with Crippen molar-refractivity contribution in [3.8, 4) is 0 Å². The Kier molecular flexibility index (Phi) is 6.57. The van der Waals surface area contributed by atoms with Crippen LogP contribution in [0, 0.1) is 11.6 Å². The van der Waals surface area contributed by atoms with E-state index in [1.807, 2.05) is 0 Å². The molecule has 2 aromatic rings. The van der Waals surface area contributed by atoms with Gasteiger partial charge in [0, 0.05) is 36.9 Å². The quantitative estimate of drug-likeness (QED) is 0.697. The molecule has 0 radical (unpaired) electrons. The summed E-state index contributed by atoms with van der Waals surface area (Å²) in [6.07, 6.45) is 1.11. The average molecular weight is 480 g/mol. The molecular formula is C24H27F2NO5S. The molecule has 6 nitrogen and oxygen atoms in total. The van der Waals surface area contributed by atoms with E-state index >= 15 is 8.78 Å². The van der Waals surface area contributed by atoms with Crippen LogP contribution in [0.1, 0.15) is 54.5 Å². The van der Waals surface area contributed by atoms with Gasteiger partial charge in [-0.3, -0.25) is 4.79 Å². The van der Waals surface area contributed by atoms with Crippen LogP contribution in [0.5, 0.6) is 0 Å². The van der Waals surface area contributed by atoms with Gasteiger partial charge in [0.15, 0.2) is 0 Å². The van der Waals surface area contributed by atoms with Crippen LogP contribution in [0.15, 0.2) is 42.5 Å². The third-order valence-corrected chi connectivity index (χ3v) is 9.30. The fraction of sp³-hybridized carbons (Fsp3) is 0.458. The minimum absolute atomic E-state index is 0.0360. The molecule has 2 aliphatic heterocycles. The van der Waals surface area contributed by atoms with Crippen molar-refractivity contribution in [1.29, 1.82) is 0 Å². The number of carbonyl (C=O) groups is 1. The minimum Gasteiger partial charge on any atom is -0.481 e. The minimum atomic E-state index is -3.82. The van der Waals surface area contributed by atoms with E-state index in [2.05, 4.69) is 0 Å². The number of hydrogen-bond acceptors (Lipinski definition) is 4. The Morgan fingerprint density at radius 3 is 2.42 bits per heavy atom. The molecule has 1 N–H and O–H groups in total. The highest BCUT2D eigenvalue weighted by Gasteiger charge is 2.45. The first-order valence-electron chi connectivity index (χ1n) is 11.0. The second kappa shape index (κ2) is 9.12. The number of carboxylic acids is 1. The molecule has 2 aromatic carbocycles. The van der Waals surface area contributed by atoms with Gasteiger partial charge >= 0.3 is 5.97 Å². The summed E-state index contributed by atoms with van der Waals surface area (Å²) >= 11 is 0. The molecule has 2 saturated heterocycles. The molecule has 0 amide bonds. The average Bonchev–Trinajstić information content (AvgIpc) is 2.79. The van der Waals surface area contributed by atoms with E-state index in [-0.39, 0.29) is 49.8 Å². The molecule has 0 aromatic heterocycles. The monoisotopic (exact) mass is 479 g/mol. The summed E-state index contributed by atoms with van der Waals surface area (Å²) in [4.78, 5) is 12.0. The molecule has 0 saturated carbocycles. The van der Waals surface area contributed by atoms with Crippen molar-refractivity contribution in [2.24, 2.45) is 0 Å². The first-order valence-corrected chi connectivity index (χ1v) is 12.5. The Labute approximate surface area is 192 Å². The highest BCUT2D eigenvalue weighted by molar-refractivity contribution is 7.89. The van der Waals surface area contributed by atoms with Crippen molar-refractivity contribution in [2.45, 2.75) is 55.9 Å². The highest BCUT2D eigenvalue weighted by Crippen LogP contribution is 2.40. The number of benzene rings is 2. The molecule has 178 valence electrons. The number of sulfonamides is 1. The molecule has 2 atom stereocenters. The first-order chi connectivity index (χ1) is 15.7.